The zero-order valence-electron chi connectivity index (χ0n) is 11.2. The van der Waals surface area contributed by atoms with E-state index >= 15 is 0 Å². The first kappa shape index (κ1) is 13.5. The summed E-state index contributed by atoms with van der Waals surface area (Å²) in [6.07, 6.45) is 2.79. The first-order valence-electron chi connectivity index (χ1n) is 6.75. The predicted molar refractivity (Wildman–Crippen MR) is 72.2 cm³/mol. The fourth-order valence-corrected chi connectivity index (χ4v) is 2.71. The van der Waals surface area contributed by atoms with Crippen LogP contribution in [-0.2, 0) is 17.9 Å². The fraction of sp³-hybridized carbons (Fsp3) is 0.600. The highest BCUT2D eigenvalue weighted by Crippen LogP contribution is 2.19. The van der Waals surface area contributed by atoms with Crippen molar-refractivity contribution in [3.8, 4) is 0 Å². The van der Waals surface area contributed by atoms with Gasteiger partial charge in [0.1, 0.15) is 0 Å². The lowest BCUT2D eigenvalue weighted by Crippen LogP contribution is -2.41. The lowest BCUT2D eigenvalue weighted by atomic mass is 9.99. The van der Waals surface area contributed by atoms with Crippen molar-refractivity contribution in [1.82, 2.24) is 5.32 Å². The van der Waals surface area contributed by atoms with E-state index < -0.39 is 0 Å². The second-order valence-electron chi connectivity index (χ2n) is 5.23. The molecule has 1 aromatic carbocycles. The summed E-state index contributed by atoms with van der Waals surface area (Å²) in [5.74, 6) is 0. The Labute approximate surface area is 109 Å². The van der Waals surface area contributed by atoms with Crippen LogP contribution in [0.15, 0.2) is 24.3 Å². The normalized spacial score (nSPS) is 28.3. The van der Waals surface area contributed by atoms with Crippen LogP contribution in [0.3, 0.4) is 0 Å². The topological polar surface area (TPSA) is 41.5 Å². The average molecular weight is 249 g/mol. The highest BCUT2D eigenvalue weighted by molar-refractivity contribution is 5.26. The van der Waals surface area contributed by atoms with Crippen LogP contribution in [-0.4, -0.2) is 23.4 Å². The molecule has 0 aromatic heterocycles. The third kappa shape index (κ3) is 3.55. The molecule has 1 aromatic rings. The SMILES string of the molecule is CC1CC(NCc2ccccc2CO)CC(C)O1. The standard InChI is InChI=1S/C15H23NO2/c1-11-7-15(8-12(2)18-11)16-9-13-5-3-4-6-14(13)10-17/h3-6,11-12,15-17H,7-10H2,1-2H3. The molecule has 0 radical (unpaired) electrons. The summed E-state index contributed by atoms with van der Waals surface area (Å²) in [6, 6.07) is 8.55. The summed E-state index contributed by atoms with van der Waals surface area (Å²) in [5, 5.41) is 12.9. The van der Waals surface area contributed by atoms with Gasteiger partial charge in [0.05, 0.1) is 18.8 Å². The number of aliphatic hydroxyl groups excluding tert-OH is 1. The van der Waals surface area contributed by atoms with Gasteiger partial charge < -0.3 is 15.2 Å². The van der Waals surface area contributed by atoms with Gasteiger partial charge in [-0.15, -0.1) is 0 Å². The van der Waals surface area contributed by atoms with Gasteiger partial charge in [-0.25, -0.2) is 0 Å². The van der Waals surface area contributed by atoms with Crippen LogP contribution in [0, 0.1) is 0 Å². The number of rotatable bonds is 4. The molecule has 3 heteroatoms. The zero-order chi connectivity index (χ0) is 13.0. The van der Waals surface area contributed by atoms with Crippen molar-refractivity contribution >= 4 is 0 Å². The van der Waals surface area contributed by atoms with Crippen molar-refractivity contribution in [1.29, 1.82) is 0 Å². The quantitative estimate of drug-likeness (QED) is 0.859. The maximum Gasteiger partial charge on any atom is 0.0685 e. The van der Waals surface area contributed by atoms with Crippen LogP contribution in [0.25, 0.3) is 0 Å². The third-order valence-electron chi connectivity index (χ3n) is 3.57. The van der Waals surface area contributed by atoms with E-state index in [1.54, 1.807) is 0 Å². The molecule has 0 amide bonds. The molecule has 2 unspecified atom stereocenters. The van der Waals surface area contributed by atoms with Gasteiger partial charge in [0.15, 0.2) is 0 Å². The molecule has 1 fully saturated rings. The van der Waals surface area contributed by atoms with Crippen molar-refractivity contribution < 1.29 is 9.84 Å². The van der Waals surface area contributed by atoms with Gasteiger partial charge in [0, 0.05) is 12.6 Å². The minimum Gasteiger partial charge on any atom is -0.392 e. The number of hydrogen-bond donors (Lipinski definition) is 2. The predicted octanol–water partition coefficient (Wildman–Crippen LogP) is 2.22. The van der Waals surface area contributed by atoms with Crippen molar-refractivity contribution in [3.05, 3.63) is 35.4 Å². The van der Waals surface area contributed by atoms with E-state index in [1.807, 2.05) is 18.2 Å². The summed E-state index contributed by atoms with van der Waals surface area (Å²) in [7, 11) is 0. The van der Waals surface area contributed by atoms with E-state index in [2.05, 4.69) is 25.2 Å². The second kappa shape index (κ2) is 6.32. The highest BCUT2D eigenvalue weighted by Gasteiger charge is 2.23. The van der Waals surface area contributed by atoms with E-state index in [0.717, 1.165) is 24.9 Å². The molecule has 18 heavy (non-hydrogen) atoms. The van der Waals surface area contributed by atoms with E-state index in [-0.39, 0.29) is 6.61 Å². The van der Waals surface area contributed by atoms with Gasteiger partial charge in [-0.05, 0) is 37.8 Å². The molecular weight excluding hydrogens is 226 g/mol. The van der Waals surface area contributed by atoms with Gasteiger partial charge in [0.2, 0.25) is 0 Å². The Balaban J connectivity index is 1.91. The Morgan fingerprint density at radius 2 is 1.78 bits per heavy atom. The Morgan fingerprint density at radius 3 is 2.39 bits per heavy atom. The molecule has 1 aliphatic rings. The van der Waals surface area contributed by atoms with Crippen LogP contribution < -0.4 is 5.32 Å². The molecule has 1 heterocycles. The van der Waals surface area contributed by atoms with Crippen LogP contribution in [0.4, 0.5) is 0 Å². The summed E-state index contributed by atoms with van der Waals surface area (Å²) in [6.45, 7) is 5.19. The summed E-state index contributed by atoms with van der Waals surface area (Å²) in [5.41, 5.74) is 2.20. The Kier molecular flexibility index (Phi) is 4.75. The van der Waals surface area contributed by atoms with Crippen molar-refractivity contribution in [2.75, 3.05) is 0 Å². The van der Waals surface area contributed by atoms with Crippen molar-refractivity contribution in [2.45, 2.75) is 58.1 Å². The molecule has 2 rings (SSSR count). The Hall–Kier alpha value is -0.900. The van der Waals surface area contributed by atoms with E-state index in [9.17, 15) is 5.11 Å². The number of benzene rings is 1. The summed E-state index contributed by atoms with van der Waals surface area (Å²) < 4.78 is 5.73. The maximum absolute atomic E-state index is 9.29. The number of hydrogen-bond acceptors (Lipinski definition) is 3. The smallest absolute Gasteiger partial charge is 0.0685 e. The molecule has 1 saturated heterocycles. The van der Waals surface area contributed by atoms with Crippen molar-refractivity contribution in [2.24, 2.45) is 0 Å². The summed E-state index contributed by atoms with van der Waals surface area (Å²) in [4.78, 5) is 0. The first-order chi connectivity index (χ1) is 8.69. The van der Waals surface area contributed by atoms with Crippen LogP contribution in [0.1, 0.15) is 37.8 Å². The second-order valence-corrected chi connectivity index (χ2v) is 5.23. The third-order valence-corrected chi connectivity index (χ3v) is 3.57. The molecule has 2 atom stereocenters. The average Bonchev–Trinajstić information content (AvgIpc) is 2.35. The molecule has 0 aliphatic carbocycles. The van der Waals surface area contributed by atoms with Gasteiger partial charge in [-0.3, -0.25) is 0 Å². The fourth-order valence-electron chi connectivity index (χ4n) is 2.71. The highest BCUT2D eigenvalue weighted by atomic mass is 16.5. The van der Waals surface area contributed by atoms with Gasteiger partial charge in [0.25, 0.3) is 0 Å². The molecule has 100 valence electrons. The van der Waals surface area contributed by atoms with Crippen LogP contribution >= 0.6 is 0 Å². The number of nitrogens with one attached hydrogen (secondary N) is 1. The van der Waals surface area contributed by atoms with Gasteiger partial charge >= 0.3 is 0 Å². The molecule has 0 bridgehead atoms. The molecule has 2 N–H and O–H groups in total. The molecular formula is C15H23NO2. The van der Waals surface area contributed by atoms with E-state index in [1.165, 1.54) is 5.56 Å². The molecule has 3 nitrogen and oxygen atoms in total. The van der Waals surface area contributed by atoms with Gasteiger partial charge in [-0.1, -0.05) is 24.3 Å². The number of aliphatic hydroxyl groups is 1. The number of ether oxygens (including phenoxy) is 1. The lowest BCUT2D eigenvalue weighted by molar-refractivity contribution is -0.0423. The molecule has 0 saturated carbocycles. The van der Waals surface area contributed by atoms with E-state index in [0.29, 0.717) is 18.2 Å². The minimum absolute atomic E-state index is 0.110. The Bertz CT molecular complexity index is 371. The van der Waals surface area contributed by atoms with Crippen LogP contribution in [0.2, 0.25) is 0 Å². The molecule has 1 aliphatic heterocycles. The maximum atomic E-state index is 9.29. The van der Waals surface area contributed by atoms with E-state index in [4.69, 9.17) is 4.74 Å². The Morgan fingerprint density at radius 1 is 1.17 bits per heavy atom. The lowest BCUT2D eigenvalue weighted by Gasteiger charge is -2.32. The van der Waals surface area contributed by atoms with Gasteiger partial charge in [-0.2, -0.15) is 0 Å². The van der Waals surface area contributed by atoms with Crippen LogP contribution in [0.5, 0.6) is 0 Å². The molecule has 0 spiro atoms. The zero-order valence-corrected chi connectivity index (χ0v) is 11.2. The minimum atomic E-state index is 0.110. The van der Waals surface area contributed by atoms with Crippen molar-refractivity contribution in [3.63, 3.8) is 0 Å². The monoisotopic (exact) mass is 249 g/mol. The largest absolute Gasteiger partial charge is 0.392 e. The summed E-state index contributed by atoms with van der Waals surface area (Å²) >= 11 is 0. The first-order valence-corrected chi connectivity index (χ1v) is 6.75.